The minimum absolute atomic E-state index is 0.138. The highest BCUT2D eigenvalue weighted by atomic mass is 16.2. The van der Waals surface area contributed by atoms with Crippen LogP contribution in [0.5, 0.6) is 0 Å². The van der Waals surface area contributed by atoms with Crippen molar-refractivity contribution >= 4 is 5.91 Å². The fourth-order valence-corrected chi connectivity index (χ4v) is 3.28. The van der Waals surface area contributed by atoms with Crippen LogP contribution in [0.15, 0.2) is 36.4 Å². The molecular weight excluding hydrogens is 234 g/mol. The molecule has 0 fully saturated rings. The van der Waals surface area contributed by atoms with Gasteiger partial charge in [-0.25, -0.2) is 0 Å². The third-order valence-corrected chi connectivity index (χ3v) is 4.55. The highest BCUT2D eigenvalue weighted by Gasteiger charge is 2.32. The summed E-state index contributed by atoms with van der Waals surface area (Å²) in [5.41, 5.74) is 2.87. The van der Waals surface area contributed by atoms with Crippen LogP contribution in [0.3, 0.4) is 0 Å². The normalized spacial score (nSPS) is 20.4. The van der Waals surface area contributed by atoms with Crippen molar-refractivity contribution < 1.29 is 4.79 Å². The molecule has 1 unspecified atom stereocenters. The molecule has 1 aromatic carbocycles. The topological polar surface area (TPSA) is 20.3 Å². The van der Waals surface area contributed by atoms with Gasteiger partial charge in [0.15, 0.2) is 0 Å². The first-order valence-electron chi connectivity index (χ1n) is 7.26. The van der Waals surface area contributed by atoms with Gasteiger partial charge >= 0.3 is 0 Å². The second-order valence-corrected chi connectivity index (χ2v) is 5.77. The lowest BCUT2D eigenvalue weighted by atomic mass is 9.90. The summed E-state index contributed by atoms with van der Waals surface area (Å²) in [6.07, 6.45) is 7.40. The molecule has 0 saturated heterocycles. The van der Waals surface area contributed by atoms with E-state index in [9.17, 15) is 4.79 Å². The molecular formula is C17H21NO. The first-order chi connectivity index (χ1) is 9.25. The second-order valence-electron chi connectivity index (χ2n) is 5.77. The van der Waals surface area contributed by atoms with Gasteiger partial charge in [0, 0.05) is 19.0 Å². The molecule has 2 heteroatoms. The van der Waals surface area contributed by atoms with Crippen LogP contribution in [0.2, 0.25) is 0 Å². The zero-order valence-electron chi connectivity index (χ0n) is 11.5. The van der Waals surface area contributed by atoms with E-state index in [0.29, 0.717) is 11.8 Å². The predicted molar refractivity (Wildman–Crippen MR) is 76.8 cm³/mol. The maximum absolute atomic E-state index is 12.5. The Morgan fingerprint density at radius 3 is 2.47 bits per heavy atom. The molecule has 0 spiro atoms. The van der Waals surface area contributed by atoms with Crippen molar-refractivity contribution in [3.8, 4) is 0 Å². The molecule has 0 aromatic heterocycles. The first kappa shape index (κ1) is 12.5. The van der Waals surface area contributed by atoms with Gasteiger partial charge in [0.25, 0.3) is 0 Å². The van der Waals surface area contributed by atoms with Gasteiger partial charge in [-0.3, -0.25) is 4.79 Å². The van der Waals surface area contributed by atoms with Gasteiger partial charge < -0.3 is 4.90 Å². The van der Waals surface area contributed by atoms with E-state index < -0.39 is 0 Å². The van der Waals surface area contributed by atoms with Gasteiger partial charge in [0.05, 0.1) is 0 Å². The molecule has 1 atom stereocenters. The number of carbonyl (C=O) groups excluding carboxylic acids is 1. The van der Waals surface area contributed by atoms with E-state index in [1.807, 2.05) is 4.90 Å². The summed E-state index contributed by atoms with van der Waals surface area (Å²) >= 11 is 0. The molecule has 0 N–H and O–H groups in total. The van der Waals surface area contributed by atoms with E-state index >= 15 is 0 Å². The Bertz CT molecular complexity index is 481. The van der Waals surface area contributed by atoms with E-state index in [2.05, 4.69) is 43.3 Å². The Morgan fingerprint density at radius 1 is 1.21 bits per heavy atom. The summed E-state index contributed by atoms with van der Waals surface area (Å²) in [6, 6.07) is 8.61. The number of fused-ring (bicyclic) bond motifs is 1. The minimum Gasteiger partial charge on any atom is -0.338 e. The van der Waals surface area contributed by atoms with Crippen molar-refractivity contribution in [2.45, 2.75) is 26.2 Å². The average Bonchev–Trinajstić information content (AvgIpc) is 2.90. The van der Waals surface area contributed by atoms with E-state index in [-0.39, 0.29) is 5.92 Å². The summed E-state index contributed by atoms with van der Waals surface area (Å²) in [7, 11) is 0. The Hall–Kier alpha value is -1.57. The van der Waals surface area contributed by atoms with Crippen LogP contribution < -0.4 is 0 Å². The average molecular weight is 255 g/mol. The summed E-state index contributed by atoms with van der Waals surface area (Å²) in [5.74, 6) is 0.955. The lowest BCUT2D eigenvalue weighted by molar-refractivity contribution is -0.136. The molecule has 100 valence electrons. The SMILES string of the molecule is CC(C(=O)N1CC=CCC1)C1Cc2ccccc2C1. The van der Waals surface area contributed by atoms with E-state index in [0.717, 1.165) is 32.4 Å². The molecule has 2 nitrogen and oxygen atoms in total. The number of amides is 1. The summed E-state index contributed by atoms with van der Waals surface area (Å²) in [4.78, 5) is 14.5. The smallest absolute Gasteiger partial charge is 0.225 e. The largest absolute Gasteiger partial charge is 0.338 e. The zero-order valence-corrected chi connectivity index (χ0v) is 11.5. The predicted octanol–water partition coefficient (Wildman–Crippen LogP) is 2.83. The highest BCUT2D eigenvalue weighted by molar-refractivity contribution is 5.79. The molecule has 0 radical (unpaired) electrons. The number of hydrogen-bond donors (Lipinski definition) is 0. The fourth-order valence-electron chi connectivity index (χ4n) is 3.28. The molecule has 0 saturated carbocycles. The lowest BCUT2D eigenvalue weighted by Gasteiger charge is -2.29. The van der Waals surface area contributed by atoms with Crippen LogP contribution in [0.1, 0.15) is 24.5 Å². The molecule has 3 rings (SSSR count). The molecule has 1 amide bonds. The first-order valence-corrected chi connectivity index (χ1v) is 7.26. The van der Waals surface area contributed by atoms with Crippen molar-refractivity contribution in [3.63, 3.8) is 0 Å². The lowest BCUT2D eigenvalue weighted by Crippen LogP contribution is -2.40. The molecule has 2 aliphatic rings. The van der Waals surface area contributed by atoms with Gasteiger partial charge in [-0.05, 0) is 36.3 Å². The van der Waals surface area contributed by atoms with Gasteiger partial charge in [-0.1, -0.05) is 43.3 Å². The number of nitrogens with zero attached hydrogens (tertiary/aromatic N) is 1. The van der Waals surface area contributed by atoms with Crippen molar-refractivity contribution in [3.05, 3.63) is 47.5 Å². The Labute approximate surface area is 115 Å². The summed E-state index contributed by atoms with van der Waals surface area (Å²) < 4.78 is 0. The maximum Gasteiger partial charge on any atom is 0.225 e. The molecule has 1 heterocycles. The van der Waals surface area contributed by atoms with Crippen LogP contribution in [-0.4, -0.2) is 23.9 Å². The van der Waals surface area contributed by atoms with Crippen LogP contribution in [0.25, 0.3) is 0 Å². The number of hydrogen-bond acceptors (Lipinski definition) is 1. The van der Waals surface area contributed by atoms with E-state index in [1.165, 1.54) is 11.1 Å². The fraction of sp³-hybridized carbons (Fsp3) is 0.471. The Kier molecular flexibility index (Phi) is 3.41. The minimum atomic E-state index is 0.138. The van der Waals surface area contributed by atoms with Crippen molar-refractivity contribution in [1.29, 1.82) is 0 Å². The number of rotatable bonds is 2. The zero-order chi connectivity index (χ0) is 13.2. The Balaban J connectivity index is 1.67. The van der Waals surface area contributed by atoms with Crippen molar-refractivity contribution in [2.24, 2.45) is 11.8 Å². The van der Waals surface area contributed by atoms with Crippen LogP contribution in [0.4, 0.5) is 0 Å². The monoisotopic (exact) mass is 255 g/mol. The molecule has 0 bridgehead atoms. The van der Waals surface area contributed by atoms with Crippen LogP contribution in [-0.2, 0) is 17.6 Å². The van der Waals surface area contributed by atoms with Gasteiger partial charge in [0.2, 0.25) is 5.91 Å². The van der Waals surface area contributed by atoms with Gasteiger partial charge in [-0.15, -0.1) is 0 Å². The van der Waals surface area contributed by atoms with Crippen molar-refractivity contribution in [2.75, 3.05) is 13.1 Å². The van der Waals surface area contributed by atoms with E-state index in [4.69, 9.17) is 0 Å². The maximum atomic E-state index is 12.5. The second kappa shape index (κ2) is 5.20. The third kappa shape index (κ3) is 2.44. The number of benzene rings is 1. The van der Waals surface area contributed by atoms with Gasteiger partial charge in [0.1, 0.15) is 0 Å². The Morgan fingerprint density at radius 2 is 1.89 bits per heavy atom. The highest BCUT2D eigenvalue weighted by Crippen LogP contribution is 2.32. The van der Waals surface area contributed by atoms with Crippen LogP contribution in [0, 0.1) is 11.8 Å². The standard InChI is InChI=1S/C17H21NO/c1-13(17(19)18-9-5-2-6-10-18)16-11-14-7-3-4-8-15(14)12-16/h2-5,7-8,13,16H,6,9-12H2,1H3. The molecule has 1 aliphatic carbocycles. The van der Waals surface area contributed by atoms with E-state index in [1.54, 1.807) is 0 Å². The third-order valence-electron chi connectivity index (χ3n) is 4.55. The quantitative estimate of drug-likeness (QED) is 0.744. The summed E-state index contributed by atoms with van der Waals surface area (Å²) in [5, 5.41) is 0. The summed E-state index contributed by atoms with van der Waals surface area (Å²) in [6.45, 7) is 3.79. The number of carbonyl (C=O) groups is 1. The molecule has 19 heavy (non-hydrogen) atoms. The van der Waals surface area contributed by atoms with Gasteiger partial charge in [-0.2, -0.15) is 0 Å². The van der Waals surface area contributed by atoms with Crippen LogP contribution >= 0.6 is 0 Å². The van der Waals surface area contributed by atoms with Crippen molar-refractivity contribution in [1.82, 2.24) is 4.90 Å². The molecule has 1 aliphatic heterocycles. The molecule has 1 aromatic rings.